The van der Waals surface area contributed by atoms with Crippen molar-refractivity contribution in [1.82, 2.24) is 10.6 Å². The molecule has 0 aromatic heterocycles. The lowest BCUT2D eigenvalue weighted by Crippen LogP contribution is -2.44. The predicted molar refractivity (Wildman–Crippen MR) is 62.2 cm³/mol. The largest absolute Gasteiger partial charge is 0.378 e. The van der Waals surface area contributed by atoms with Gasteiger partial charge in [0.25, 0.3) is 0 Å². The smallest absolute Gasteiger partial charge is 0.222 e. The summed E-state index contributed by atoms with van der Waals surface area (Å²) in [5, 5.41) is 6.33. The molecule has 1 aliphatic carbocycles. The van der Waals surface area contributed by atoms with Crippen molar-refractivity contribution in [2.75, 3.05) is 26.7 Å². The van der Waals surface area contributed by atoms with Crippen LogP contribution in [-0.2, 0) is 9.53 Å². The molecule has 1 unspecified atom stereocenters. The van der Waals surface area contributed by atoms with Crippen molar-refractivity contribution in [1.29, 1.82) is 0 Å². The van der Waals surface area contributed by atoms with Crippen LogP contribution in [0.4, 0.5) is 0 Å². The Morgan fingerprint density at radius 1 is 1.56 bits per heavy atom. The van der Waals surface area contributed by atoms with E-state index in [-0.39, 0.29) is 11.5 Å². The molecule has 0 aromatic rings. The van der Waals surface area contributed by atoms with Gasteiger partial charge < -0.3 is 15.4 Å². The van der Waals surface area contributed by atoms with Crippen LogP contribution in [0.25, 0.3) is 0 Å². The molecule has 0 spiro atoms. The third-order valence-corrected chi connectivity index (χ3v) is 3.93. The lowest BCUT2D eigenvalue weighted by atomic mass is 9.77. The van der Waals surface area contributed by atoms with E-state index < -0.39 is 0 Å². The number of hydrogen-bond donors (Lipinski definition) is 2. The molecule has 2 fully saturated rings. The van der Waals surface area contributed by atoms with Crippen molar-refractivity contribution < 1.29 is 9.53 Å². The summed E-state index contributed by atoms with van der Waals surface area (Å²) in [6, 6.07) is 0. The van der Waals surface area contributed by atoms with Crippen molar-refractivity contribution in [2.45, 2.75) is 37.7 Å². The standard InChI is InChI=1S/C12H22N2O2/c1-16-12(4-2-5-12)7-11(15)14-9-10-3-6-13-8-10/h10,13H,2-9H2,1H3,(H,14,15). The van der Waals surface area contributed by atoms with Gasteiger partial charge in [-0.05, 0) is 44.7 Å². The van der Waals surface area contributed by atoms with E-state index in [4.69, 9.17) is 4.74 Å². The lowest BCUT2D eigenvalue weighted by Gasteiger charge is -2.40. The summed E-state index contributed by atoms with van der Waals surface area (Å²) >= 11 is 0. The Morgan fingerprint density at radius 3 is 2.88 bits per heavy atom. The zero-order chi connectivity index (χ0) is 11.4. The van der Waals surface area contributed by atoms with Crippen LogP contribution in [0.5, 0.6) is 0 Å². The van der Waals surface area contributed by atoms with Gasteiger partial charge in [0, 0.05) is 13.7 Å². The second kappa shape index (κ2) is 5.15. The molecule has 92 valence electrons. The molecule has 1 heterocycles. The SMILES string of the molecule is COC1(CC(=O)NCC2CCNC2)CCC1. The summed E-state index contributed by atoms with van der Waals surface area (Å²) in [5.41, 5.74) is -0.141. The van der Waals surface area contributed by atoms with E-state index in [2.05, 4.69) is 10.6 Å². The van der Waals surface area contributed by atoms with Crippen LogP contribution in [0.2, 0.25) is 0 Å². The molecule has 4 nitrogen and oxygen atoms in total. The fourth-order valence-corrected chi connectivity index (χ4v) is 2.53. The second-order valence-electron chi connectivity index (χ2n) is 5.08. The van der Waals surface area contributed by atoms with E-state index >= 15 is 0 Å². The highest BCUT2D eigenvalue weighted by atomic mass is 16.5. The first-order valence-electron chi connectivity index (χ1n) is 6.27. The summed E-state index contributed by atoms with van der Waals surface area (Å²) in [6.07, 6.45) is 4.96. The van der Waals surface area contributed by atoms with Gasteiger partial charge in [-0.2, -0.15) is 0 Å². The summed E-state index contributed by atoms with van der Waals surface area (Å²) in [4.78, 5) is 11.8. The van der Waals surface area contributed by atoms with Gasteiger partial charge in [0.05, 0.1) is 12.0 Å². The Balaban J connectivity index is 1.67. The number of hydrogen-bond acceptors (Lipinski definition) is 3. The Kier molecular flexibility index (Phi) is 3.82. The number of carbonyl (C=O) groups excluding carboxylic acids is 1. The minimum Gasteiger partial charge on any atom is -0.378 e. The number of nitrogens with one attached hydrogen (secondary N) is 2. The van der Waals surface area contributed by atoms with Crippen molar-refractivity contribution in [2.24, 2.45) is 5.92 Å². The molecule has 1 atom stereocenters. The monoisotopic (exact) mass is 226 g/mol. The fraction of sp³-hybridized carbons (Fsp3) is 0.917. The van der Waals surface area contributed by atoms with E-state index in [0.29, 0.717) is 12.3 Å². The Hall–Kier alpha value is -0.610. The molecule has 1 aliphatic heterocycles. The van der Waals surface area contributed by atoms with Crippen LogP contribution in [-0.4, -0.2) is 38.3 Å². The highest BCUT2D eigenvalue weighted by Crippen LogP contribution is 2.37. The van der Waals surface area contributed by atoms with Crippen LogP contribution >= 0.6 is 0 Å². The maximum absolute atomic E-state index is 11.8. The third kappa shape index (κ3) is 2.74. The molecule has 0 aromatic carbocycles. The average molecular weight is 226 g/mol. The first-order chi connectivity index (χ1) is 7.74. The Bertz CT molecular complexity index is 240. The van der Waals surface area contributed by atoms with Crippen LogP contribution in [0, 0.1) is 5.92 Å². The van der Waals surface area contributed by atoms with Gasteiger partial charge in [-0.3, -0.25) is 4.79 Å². The fourth-order valence-electron chi connectivity index (χ4n) is 2.53. The van der Waals surface area contributed by atoms with E-state index in [1.54, 1.807) is 7.11 Å². The number of ether oxygens (including phenoxy) is 1. The van der Waals surface area contributed by atoms with Crippen molar-refractivity contribution >= 4 is 5.91 Å². The number of carbonyl (C=O) groups is 1. The van der Waals surface area contributed by atoms with Crippen LogP contribution in [0.15, 0.2) is 0 Å². The maximum atomic E-state index is 11.8. The molecular weight excluding hydrogens is 204 g/mol. The van der Waals surface area contributed by atoms with Gasteiger partial charge in [-0.1, -0.05) is 0 Å². The summed E-state index contributed by atoms with van der Waals surface area (Å²) in [5.74, 6) is 0.761. The van der Waals surface area contributed by atoms with Gasteiger partial charge in [-0.15, -0.1) is 0 Å². The van der Waals surface area contributed by atoms with Gasteiger partial charge in [0.1, 0.15) is 0 Å². The molecule has 0 bridgehead atoms. The Labute approximate surface area is 97.1 Å². The number of rotatable bonds is 5. The van der Waals surface area contributed by atoms with Gasteiger partial charge >= 0.3 is 0 Å². The molecule has 0 radical (unpaired) electrons. The normalized spacial score (nSPS) is 27.4. The van der Waals surface area contributed by atoms with Crippen LogP contribution < -0.4 is 10.6 Å². The van der Waals surface area contributed by atoms with Gasteiger partial charge in [0.2, 0.25) is 5.91 Å². The molecule has 2 rings (SSSR count). The van der Waals surface area contributed by atoms with E-state index in [1.807, 2.05) is 0 Å². The van der Waals surface area contributed by atoms with Gasteiger partial charge in [-0.25, -0.2) is 0 Å². The summed E-state index contributed by atoms with van der Waals surface area (Å²) in [6.45, 7) is 2.93. The number of methoxy groups -OCH3 is 1. The molecule has 2 aliphatic rings. The van der Waals surface area contributed by atoms with Gasteiger partial charge in [0.15, 0.2) is 0 Å². The first kappa shape index (κ1) is 11.9. The molecule has 4 heteroatoms. The average Bonchev–Trinajstić information content (AvgIpc) is 2.73. The third-order valence-electron chi connectivity index (χ3n) is 3.93. The quantitative estimate of drug-likeness (QED) is 0.724. The van der Waals surface area contributed by atoms with E-state index in [9.17, 15) is 4.79 Å². The number of amides is 1. The highest BCUT2D eigenvalue weighted by molar-refractivity contribution is 5.77. The topological polar surface area (TPSA) is 50.4 Å². The molecule has 1 saturated heterocycles. The zero-order valence-electron chi connectivity index (χ0n) is 10.1. The zero-order valence-corrected chi connectivity index (χ0v) is 10.1. The maximum Gasteiger partial charge on any atom is 0.222 e. The molecule has 2 N–H and O–H groups in total. The minimum atomic E-state index is -0.141. The Morgan fingerprint density at radius 2 is 2.38 bits per heavy atom. The minimum absolute atomic E-state index is 0.141. The second-order valence-corrected chi connectivity index (χ2v) is 5.08. The van der Waals surface area contributed by atoms with Crippen molar-refractivity contribution in [3.8, 4) is 0 Å². The summed E-state index contributed by atoms with van der Waals surface area (Å²) < 4.78 is 5.44. The van der Waals surface area contributed by atoms with E-state index in [1.165, 1.54) is 12.8 Å². The lowest BCUT2D eigenvalue weighted by molar-refractivity contribution is -0.134. The molecular formula is C12H22N2O2. The van der Waals surface area contributed by atoms with E-state index in [0.717, 1.165) is 32.5 Å². The highest BCUT2D eigenvalue weighted by Gasteiger charge is 2.38. The molecule has 16 heavy (non-hydrogen) atoms. The molecule has 1 saturated carbocycles. The molecule has 1 amide bonds. The van der Waals surface area contributed by atoms with Crippen molar-refractivity contribution in [3.63, 3.8) is 0 Å². The van der Waals surface area contributed by atoms with Crippen LogP contribution in [0.1, 0.15) is 32.1 Å². The first-order valence-corrected chi connectivity index (χ1v) is 6.27. The van der Waals surface area contributed by atoms with Crippen molar-refractivity contribution in [3.05, 3.63) is 0 Å². The predicted octanol–water partition coefficient (Wildman–Crippen LogP) is 0.671. The van der Waals surface area contributed by atoms with Crippen LogP contribution in [0.3, 0.4) is 0 Å². The summed E-state index contributed by atoms with van der Waals surface area (Å²) in [7, 11) is 1.72.